The van der Waals surface area contributed by atoms with Crippen LogP contribution in [0.3, 0.4) is 0 Å². The number of rotatable bonds is 3. The van der Waals surface area contributed by atoms with Crippen molar-refractivity contribution in [3.05, 3.63) is 34.9 Å². The number of benzene rings is 1. The molecule has 1 aliphatic heterocycles. The fourth-order valence-electron chi connectivity index (χ4n) is 2.82. The molecule has 106 valence electrons. The number of sulfonamides is 1. The van der Waals surface area contributed by atoms with Crippen LogP contribution in [0.5, 0.6) is 0 Å². The van der Waals surface area contributed by atoms with Crippen LogP contribution in [-0.2, 0) is 16.4 Å². The standard InChI is InChI=1S/C14H22N2O2S/c1-10-5-11(2)7-12(6-10)8-13-3-4-14(9-16-13)19(15,17)18/h5-7,13-14,16H,3-4,8-9H2,1-2H3,(H2,15,17,18). The lowest BCUT2D eigenvalue weighted by molar-refractivity contribution is 0.396. The monoisotopic (exact) mass is 282 g/mol. The van der Waals surface area contributed by atoms with Gasteiger partial charge in [-0.05, 0) is 38.7 Å². The molecule has 0 aliphatic carbocycles. The molecule has 2 rings (SSSR count). The number of piperidine rings is 1. The number of hydrogen-bond acceptors (Lipinski definition) is 3. The van der Waals surface area contributed by atoms with E-state index in [1.807, 2.05) is 0 Å². The minimum atomic E-state index is -3.40. The van der Waals surface area contributed by atoms with E-state index >= 15 is 0 Å². The number of aryl methyl sites for hydroxylation is 2. The van der Waals surface area contributed by atoms with Crippen molar-refractivity contribution in [1.29, 1.82) is 0 Å². The summed E-state index contributed by atoms with van der Waals surface area (Å²) in [7, 11) is -3.40. The van der Waals surface area contributed by atoms with Crippen molar-refractivity contribution in [3.63, 3.8) is 0 Å². The van der Waals surface area contributed by atoms with Crippen LogP contribution in [0.1, 0.15) is 29.5 Å². The quantitative estimate of drug-likeness (QED) is 0.876. The topological polar surface area (TPSA) is 72.2 Å². The highest BCUT2D eigenvalue weighted by Gasteiger charge is 2.27. The van der Waals surface area contributed by atoms with Crippen molar-refractivity contribution in [2.45, 2.75) is 44.4 Å². The zero-order valence-corrected chi connectivity index (χ0v) is 12.3. The molecule has 1 aromatic carbocycles. The first-order valence-corrected chi connectivity index (χ1v) is 8.28. The molecule has 0 bridgehead atoms. The molecule has 0 aromatic heterocycles. The summed E-state index contributed by atoms with van der Waals surface area (Å²) in [5.41, 5.74) is 3.85. The van der Waals surface area contributed by atoms with Crippen LogP contribution in [0.25, 0.3) is 0 Å². The molecule has 19 heavy (non-hydrogen) atoms. The Labute approximate surface area is 115 Å². The predicted octanol–water partition coefficient (Wildman–Crippen LogP) is 1.26. The van der Waals surface area contributed by atoms with E-state index in [9.17, 15) is 8.42 Å². The van der Waals surface area contributed by atoms with Crippen molar-refractivity contribution in [1.82, 2.24) is 5.32 Å². The number of primary sulfonamides is 1. The lowest BCUT2D eigenvalue weighted by atomic mass is 9.96. The molecule has 1 saturated heterocycles. The summed E-state index contributed by atoms with van der Waals surface area (Å²) in [4.78, 5) is 0. The third-order valence-electron chi connectivity index (χ3n) is 3.70. The van der Waals surface area contributed by atoms with Crippen LogP contribution in [0.4, 0.5) is 0 Å². The first-order chi connectivity index (χ1) is 8.84. The molecule has 3 N–H and O–H groups in total. The van der Waals surface area contributed by atoms with Crippen molar-refractivity contribution in [2.24, 2.45) is 5.14 Å². The van der Waals surface area contributed by atoms with Gasteiger partial charge in [-0.2, -0.15) is 0 Å². The van der Waals surface area contributed by atoms with Gasteiger partial charge in [0.15, 0.2) is 0 Å². The van der Waals surface area contributed by atoms with Gasteiger partial charge in [-0.15, -0.1) is 0 Å². The van der Waals surface area contributed by atoms with Gasteiger partial charge in [0.1, 0.15) is 0 Å². The summed E-state index contributed by atoms with van der Waals surface area (Å²) in [6.45, 7) is 4.66. The highest BCUT2D eigenvalue weighted by atomic mass is 32.2. The van der Waals surface area contributed by atoms with Crippen molar-refractivity contribution >= 4 is 10.0 Å². The second-order valence-electron chi connectivity index (χ2n) is 5.59. The fourth-order valence-corrected chi connectivity index (χ4v) is 3.61. The molecule has 2 atom stereocenters. The highest BCUT2D eigenvalue weighted by Crippen LogP contribution is 2.18. The van der Waals surface area contributed by atoms with Gasteiger partial charge in [-0.3, -0.25) is 0 Å². The molecule has 0 radical (unpaired) electrons. The van der Waals surface area contributed by atoms with Crippen molar-refractivity contribution in [2.75, 3.05) is 6.54 Å². The van der Waals surface area contributed by atoms with Gasteiger partial charge < -0.3 is 5.32 Å². The van der Waals surface area contributed by atoms with Gasteiger partial charge >= 0.3 is 0 Å². The van der Waals surface area contributed by atoms with Gasteiger partial charge in [-0.25, -0.2) is 13.6 Å². The zero-order valence-electron chi connectivity index (χ0n) is 11.5. The molecule has 0 amide bonds. The predicted molar refractivity (Wildman–Crippen MR) is 77.5 cm³/mol. The molecule has 1 aliphatic rings. The van der Waals surface area contributed by atoms with Crippen LogP contribution in [0.15, 0.2) is 18.2 Å². The summed E-state index contributed by atoms with van der Waals surface area (Å²) >= 11 is 0. The first-order valence-electron chi connectivity index (χ1n) is 6.67. The first kappa shape index (κ1) is 14.5. The molecular formula is C14H22N2O2S. The Hall–Kier alpha value is -0.910. The summed E-state index contributed by atoms with van der Waals surface area (Å²) in [5.74, 6) is 0. The van der Waals surface area contributed by atoms with Crippen molar-refractivity contribution in [3.8, 4) is 0 Å². The third kappa shape index (κ3) is 4.03. The Morgan fingerprint density at radius 2 is 1.84 bits per heavy atom. The molecule has 5 heteroatoms. The summed E-state index contributed by atoms with van der Waals surface area (Å²) < 4.78 is 22.6. The Morgan fingerprint density at radius 1 is 1.21 bits per heavy atom. The smallest absolute Gasteiger partial charge is 0.213 e. The Balaban J connectivity index is 1.96. The Morgan fingerprint density at radius 3 is 2.32 bits per heavy atom. The number of nitrogens with one attached hydrogen (secondary N) is 1. The average Bonchev–Trinajstić information content (AvgIpc) is 2.26. The SMILES string of the molecule is Cc1cc(C)cc(CC2CCC(S(N)(=O)=O)CN2)c1. The normalized spacial score (nSPS) is 24.4. The average molecular weight is 282 g/mol. The molecule has 1 aromatic rings. The largest absolute Gasteiger partial charge is 0.312 e. The van der Waals surface area contributed by atoms with E-state index in [-0.39, 0.29) is 0 Å². The van der Waals surface area contributed by atoms with Crippen LogP contribution >= 0.6 is 0 Å². The van der Waals surface area contributed by atoms with E-state index in [1.54, 1.807) is 0 Å². The fraction of sp³-hybridized carbons (Fsp3) is 0.571. The van der Waals surface area contributed by atoms with Gasteiger partial charge in [0.25, 0.3) is 0 Å². The number of nitrogens with two attached hydrogens (primary N) is 1. The second kappa shape index (κ2) is 5.61. The summed E-state index contributed by atoms with van der Waals surface area (Å²) in [6, 6.07) is 6.90. The summed E-state index contributed by atoms with van der Waals surface area (Å²) in [5, 5.41) is 8.06. The maximum absolute atomic E-state index is 11.3. The van der Waals surface area contributed by atoms with E-state index in [2.05, 4.69) is 37.4 Å². The summed E-state index contributed by atoms with van der Waals surface area (Å²) in [6.07, 6.45) is 2.45. The van der Waals surface area contributed by atoms with Gasteiger partial charge in [0.2, 0.25) is 10.0 Å². The second-order valence-corrected chi connectivity index (χ2v) is 7.44. The molecule has 1 fully saturated rings. The lowest BCUT2D eigenvalue weighted by Gasteiger charge is -2.28. The van der Waals surface area contributed by atoms with E-state index in [0.29, 0.717) is 19.0 Å². The number of hydrogen-bond donors (Lipinski definition) is 2. The van der Waals surface area contributed by atoms with Gasteiger partial charge in [0, 0.05) is 12.6 Å². The minimum absolute atomic E-state index is 0.346. The van der Waals surface area contributed by atoms with Crippen LogP contribution in [0.2, 0.25) is 0 Å². The van der Waals surface area contributed by atoms with E-state index in [0.717, 1.165) is 12.8 Å². The Kier molecular flexibility index (Phi) is 4.28. The zero-order chi connectivity index (χ0) is 14.0. The van der Waals surface area contributed by atoms with Crippen LogP contribution in [0, 0.1) is 13.8 Å². The molecular weight excluding hydrogens is 260 g/mol. The van der Waals surface area contributed by atoms with E-state index < -0.39 is 15.3 Å². The van der Waals surface area contributed by atoms with Gasteiger partial charge in [0.05, 0.1) is 5.25 Å². The van der Waals surface area contributed by atoms with Crippen molar-refractivity contribution < 1.29 is 8.42 Å². The highest BCUT2D eigenvalue weighted by molar-refractivity contribution is 7.89. The molecule has 0 saturated carbocycles. The maximum Gasteiger partial charge on any atom is 0.213 e. The lowest BCUT2D eigenvalue weighted by Crippen LogP contribution is -2.47. The molecule has 2 unspecified atom stereocenters. The van der Waals surface area contributed by atoms with Gasteiger partial charge in [-0.1, -0.05) is 29.3 Å². The van der Waals surface area contributed by atoms with E-state index in [4.69, 9.17) is 5.14 Å². The molecule has 4 nitrogen and oxygen atoms in total. The maximum atomic E-state index is 11.3. The Bertz CT molecular complexity index is 526. The third-order valence-corrected chi connectivity index (χ3v) is 5.03. The molecule has 1 heterocycles. The van der Waals surface area contributed by atoms with Crippen LogP contribution < -0.4 is 10.5 Å². The van der Waals surface area contributed by atoms with E-state index in [1.165, 1.54) is 16.7 Å². The minimum Gasteiger partial charge on any atom is -0.312 e. The van der Waals surface area contributed by atoms with Crippen LogP contribution in [-0.4, -0.2) is 26.3 Å². The molecule has 0 spiro atoms.